The summed E-state index contributed by atoms with van der Waals surface area (Å²) in [4.78, 5) is 8.38. The maximum absolute atomic E-state index is 10.4. The number of aliphatic hydroxyl groups excluding tert-OH is 1. The van der Waals surface area contributed by atoms with Crippen LogP contribution >= 0.6 is 15.9 Å². The van der Waals surface area contributed by atoms with Gasteiger partial charge in [0.2, 0.25) is 0 Å². The number of pyridine rings is 1. The summed E-state index contributed by atoms with van der Waals surface area (Å²) >= 11 is 3.42. The van der Waals surface area contributed by atoms with Gasteiger partial charge in [-0.3, -0.25) is 4.98 Å². The van der Waals surface area contributed by atoms with Crippen molar-refractivity contribution in [3.8, 4) is 11.4 Å². The Morgan fingerprint density at radius 1 is 1.14 bits per heavy atom. The minimum absolute atomic E-state index is 0.452. The fourth-order valence-corrected chi connectivity index (χ4v) is 2.64. The molecule has 0 aliphatic heterocycles. The monoisotopic (exact) mass is 343 g/mol. The molecule has 0 saturated heterocycles. The first-order chi connectivity index (χ1) is 10.2. The minimum atomic E-state index is -0.586. The number of imidazole rings is 1. The Kier molecular flexibility index (Phi) is 4.13. The van der Waals surface area contributed by atoms with Crippen LogP contribution in [-0.2, 0) is 6.54 Å². The molecule has 2 heterocycles. The van der Waals surface area contributed by atoms with Gasteiger partial charge in [0.05, 0.1) is 12.6 Å². The molecule has 0 aliphatic rings. The van der Waals surface area contributed by atoms with E-state index in [1.165, 1.54) is 0 Å². The maximum Gasteiger partial charge on any atom is 0.140 e. The molecule has 0 spiro atoms. The van der Waals surface area contributed by atoms with Crippen molar-refractivity contribution >= 4 is 15.9 Å². The lowest BCUT2D eigenvalue weighted by atomic mass is 10.1. The summed E-state index contributed by atoms with van der Waals surface area (Å²) in [5.41, 5.74) is 1.86. The number of benzene rings is 1. The number of nitrogens with zero attached hydrogens (tertiary/aromatic N) is 3. The summed E-state index contributed by atoms with van der Waals surface area (Å²) < 4.78 is 2.90. The van der Waals surface area contributed by atoms with Crippen molar-refractivity contribution in [2.24, 2.45) is 0 Å². The Morgan fingerprint density at radius 3 is 2.71 bits per heavy atom. The largest absolute Gasteiger partial charge is 0.387 e. The van der Waals surface area contributed by atoms with E-state index in [0.29, 0.717) is 6.54 Å². The van der Waals surface area contributed by atoms with Gasteiger partial charge in [-0.05, 0) is 29.8 Å². The highest BCUT2D eigenvalue weighted by molar-refractivity contribution is 9.10. The van der Waals surface area contributed by atoms with Gasteiger partial charge in [0, 0.05) is 34.8 Å². The molecule has 0 saturated carbocycles. The fourth-order valence-electron chi connectivity index (χ4n) is 2.22. The van der Waals surface area contributed by atoms with Crippen molar-refractivity contribution in [1.29, 1.82) is 0 Å². The molecule has 5 heteroatoms. The smallest absolute Gasteiger partial charge is 0.140 e. The average molecular weight is 344 g/mol. The number of hydrogen-bond donors (Lipinski definition) is 1. The molecule has 0 radical (unpaired) electrons. The van der Waals surface area contributed by atoms with E-state index >= 15 is 0 Å². The minimum Gasteiger partial charge on any atom is -0.387 e. The molecule has 0 aliphatic carbocycles. The molecule has 1 atom stereocenters. The van der Waals surface area contributed by atoms with Crippen molar-refractivity contribution < 1.29 is 5.11 Å². The zero-order chi connectivity index (χ0) is 14.7. The Labute approximate surface area is 131 Å². The lowest BCUT2D eigenvalue weighted by Crippen LogP contribution is -2.09. The van der Waals surface area contributed by atoms with Crippen LogP contribution in [0.1, 0.15) is 11.7 Å². The van der Waals surface area contributed by atoms with Gasteiger partial charge in [-0.25, -0.2) is 4.98 Å². The van der Waals surface area contributed by atoms with E-state index in [-0.39, 0.29) is 0 Å². The van der Waals surface area contributed by atoms with E-state index in [2.05, 4.69) is 25.9 Å². The van der Waals surface area contributed by atoms with Crippen molar-refractivity contribution in [2.75, 3.05) is 0 Å². The van der Waals surface area contributed by atoms with E-state index in [0.717, 1.165) is 21.4 Å². The van der Waals surface area contributed by atoms with Crippen LogP contribution in [0.4, 0.5) is 0 Å². The Bertz CT molecular complexity index is 727. The summed E-state index contributed by atoms with van der Waals surface area (Å²) in [5, 5.41) is 10.4. The normalized spacial score (nSPS) is 12.3. The van der Waals surface area contributed by atoms with Crippen LogP contribution in [0.15, 0.2) is 65.7 Å². The van der Waals surface area contributed by atoms with Crippen molar-refractivity contribution in [3.05, 3.63) is 71.2 Å². The van der Waals surface area contributed by atoms with Gasteiger partial charge in [-0.15, -0.1) is 0 Å². The molecule has 1 N–H and O–H groups in total. The molecule has 21 heavy (non-hydrogen) atoms. The number of rotatable bonds is 4. The SMILES string of the molecule is OC(Cn1ccnc1-c1ccncc1)c1cccc(Br)c1. The average Bonchev–Trinajstić information content (AvgIpc) is 2.96. The highest BCUT2D eigenvalue weighted by Crippen LogP contribution is 2.22. The van der Waals surface area contributed by atoms with Crippen LogP contribution < -0.4 is 0 Å². The van der Waals surface area contributed by atoms with Crippen LogP contribution in [0, 0.1) is 0 Å². The van der Waals surface area contributed by atoms with Gasteiger partial charge in [0.25, 0.3) is 0 Å². The summed E-state index contributed by atoms with van der Waals surface area (Å²) in [7, 11) is 0. The lowest BCUT2D eigenvalue weighted by molar-refractivity contribution is 0.157. The Hall–Kier alpha value is -1.98. The zero-order valence-corrected chi connectivity index (χ0v) is 12.8. The number of halogens is 1. The molecule has 0 bridgehead atoms. The second kappa shape index (κ2) is 6.20. The van der Waals surface area contributed by atoms with Gasteiger partial charge >= 0.3 is 0 Å². The van der Waals surface area contributed by atoms with Gasteiger partial charge in [0.1, 0.15) is 5.82 Å². The van der Waals surface area contributed by atoms with E-state index in [9.17, 15) is 5.11 Å². The summed E-state index contributed by atoms with van der Waals surface area (Å²) in [6.45, 7) is 0.452. The molecular weight excluding hydrogens is 330 g/mol. The maximum atomic E-state index is 10.4. The predicted octanol–water partition coefficient (Wildman–Crippen LogP) is 3.44. The highest BCUT2D eigenvalue weighted by Gasteiger charge is 2.12. The van der Waals surface area contributed by atoms with Crippen molar-refractivity contribution in [2.45, 2.75) is 12.6 Å². The highest BCUT2D eigenvalue weighted by atomic mass is 79.9. The molecule has 106 valence electrons. The standard InChI is InChI=1S/C16H14BrN3O/c17-14-3-1-2-13(10-14)15(21)11-20-9-8-19-16(20)12-4-6-18-7-5-12/h1-10,15,21H,11H2. The molecule has 3 rings (SSSR count). The first kappa shape index (κ1) is 14.0. The molecule has 1 aromatic carbocycles. The third-order valence-electron chi connectivity index (χ3n) is 3.26. The van der Waals surface area contributed by atoms with Crippen LogP contribution in [0.3, 0.4) is 0 Å². The van der Waals surface area contributed by atoms with E-state index in [1.54, 1.807) is 18.6 Å². The number of aliphatic hydroxyl groups is 1. The fraction of sp³-hybridized carbons (Fsp3) is 0.125. The van der Waals surface area contributed by atoms with E-state index in [1.807, 2.05) is 47.2 Å². The quantitative estimate of drug-likeness (QED) is 0.789. The van der Waals surface area contributed by atoms with Crippen LogP contribution in [0.2, 0.25) is 0 Å². The summed E-state index contributed by atoms with van der Waals surface area (Å²) in [5.74, 6) is 0.825. The Balaban J connectivity index is 1.85. The first-order valence-corrected chi connectivity index (χ1v) is 7.38. The molecule has 2 aromatic heterocycles. The molecular formula is C16H14BrN3O. The molecule has 4 nitrogen and oxygen atoms in total. The van der Waals surface area contributed by atoms with Gasteiger partial charge < -0.3 is 9.67 Å². The predicted molar refractivity (Wildman–Crippen MR) is 84.6 cm³/mol. The Morgan fingerprint density at radius 2 is 1.95 bits per heavy atom. The third-order valence-corrected chi connectivity index (χ3v) is 3.75. The molecule has 3 aromatic rings. The number of hydrogen-bond acceptors (Lipinski definition) is 3. The van der Waals surface area contributed by atoms with Crippen LogP contribution in [0.25, 0.3) is 11.4 Å². The number of aromatic nitrogens is 3. The van der Waals surface area contributed by atoms with Gasteiger partial charge in [0.15, 0.2) is 0 Å². The van der Waals surface area contributed by atoms with Gasteiger partial charge in [-0.1, -0.05) is 28.1 Å². The zero-order valence-electron chi connectivity index (χ0n) is 11.2. The molecule has 1 unspecified atom stereocenters. The van der Waals surface area contributed by atoms with Crippen molar-refractivity contribution in [3.63, 3.8) is 0 Å². The summed E-state index contributed by atoms with van der Waals surface area (Å²) in [6.07, 6.45) is 6.50. The third kappa shape index (κ3) is 3.20. The molecule has 0 amide bonds. The van der Waals surface area contributed by atoms with Crippen LogP contribution in [0.5, 0.6) is 0 Å². The summed E-state index contributed by atoms with van der Waals surface area (Å²) in [6, 6.07) is 11.5. The van der Waals surface area contributed by atoms with E-state index in [4.69, 9.17) is 0 Å². The van der Waals surface area contributed by atoms with E-state index < -0.39 is 6.10 Å². The second-order valence-electron chi connectivity index (χ2n) is 4.71. The first-order valence-electron chi connectivity index (χ1n) is 6.59. The van der Waals surface area contributed by atoms with Crippen molar-refractivity contribution in [1.82, 2.24) is 14.5 Å². The van der Waals surface area contributed by atoms with Gasteiger partial charge in [-0.2, -0.15) is 0 Å². The second-order valence-corrected chi connectivity index (χ2v) is 5.63. The van der Waals surface area contributed by atoms with Crippen LogP contribution in [-0.4, -0.2) is 19.6 Å². The topological polar surface area (TPSA) is 50.9 Å². The lowest BCUT2D eigenvalue weighted by Gasteiger charge is -2.14. The molecule has 0 fully saturated rings.